The molecule has 0 saturated heterocycles. The summed E-state index contributed by atoms with van der Waals surface area (Å²) in [7, 11) is 0. The predicted molar refractivity (Wildman–Crippen MR) is 128 cm³/mol. The Morgan fingerprint density at radius 1 is 1.00 bits per heavy atom. The van der Waals surface area contributed by atoms with Gasteiger partial charge in [0.15, 0.2) is 5.96 Å². The number of carbonyl (C=O) groups is 1. The highest BCUT2D eigenvalue weighted by atomic mass is 16.1. The average Bonchev–Trinajstić information content (AvgIpc) is 3.33. The Bertz CT molecular complexity index is 1010. The first-order valence-corrected chi connectivity index (χ1v) is 11.1. The van der Waals surface area contributed by atoms with E-state index in [1.54, 1.807) is 6.20 Å². The van der Waals surface area contributed by atoms with E-state index in [1.165, 1.54) is 11.1 Å². The molecular formula is C25H32N6O. The fourth-order valence-electron chi connectivity index (χ4n) is 3.30. The molecule has 3 N–H and O–H groups in total. The number of aromatic nitrogens is 2. The first-order chi connectivity index (χ1) is 15.7. The molecule has 7 nitrogen and oxygen atoms in total. The lowest BCUT2D eigenvalue weighted by molar-refractivity contribution is 0.0953. The Morgan fingerprint density at radius 3 is 2.59 bits per heavy atom. The van der Waals surface area contributed by atoms with Gasteiger partial charge in [-0.1, -0.05) is 43.3 Å². The molecule has 0 radical (unpaired) electrons. The second-order valence-electron chi connectivity index (χ2n) is 7.48. The van der Waals surface area contributed by atoms with Crippen molar-refractivity contribution in [2.45, 2.75) is 39.9 Å². The van der Waals surface area contributed by atoms with Crippen LogP contribution in [0.4, 0.5) is 0 Å². The number of aliphatic imine (C=N–C) groups is 1. The molecule has 1 aromatic heterocycles. The summed E-state index contributed by atoms with van der Waals surface area (Å²) in [4.78, 5) is 16.9. The van der Waals surface area contributed by atoms with E-state index in [4.69, 9.17) is 4.99 Å². The maximum atomic E-state index is 12.2. The van der Waals surface area contributed by atoms with Gasteiger partial charge in [-0.3, -0.25) is 9.48 Å². The van der Waals surface area contributed by atoms with Gasteiger partial charge in [-0.05, 0) is 48.2 Å². The molecule has 0 atom stereocenters. The molecule has 3 rings (SSSR count). The molecule has 1 heterocycles. The molecule has 0 spiro atoms. The molecule has 0 aliphatic carbocycles. The van der Waals surface area contributed by atoms with Gasteiger partial charge < -0.3 is 16.0 Å². The first kappa shape index (κ1) is 23.1. The van der Waals surface area contributed by atoms with Crippen molar-refractivity contribution in [3.05, 3.63) is 89.2 Å². The predicted octanol–water partition coefficient (Wildman–Crippen LogP) is 3.33. The van der Waals surface area contributed by atoms with Gasteiger partial charge in [0.1, 0.15) is 0 Å². The van der Waals surface area contributed by atoms with Crippen molar-refractivity contribution in [1.82, 2.24) is 25.7 Å². The molecule has 0 aliphatic rings. The largest absolute Gasteiger partial charge is 0.357 e. The van der Waals surface area contributed by atoms with Crippen molar-refractivity contribution in [2.75, 3.05) is 13.1 Å². The topological polar surface area (TPSA) is 83.3 Å². The van der Waals surface area contributed by atoms with Crippen molar-refractivity contribution >= 4 is 11.9 Å². The molecule has 0 aliphatic heterocycles. The van der Waals surface area contributed by atoms with Gasteiger partial charge in [-0.15, -0.1) is 0 Å². The highest BCUT2D eigenvalue weighted by Gasteiger charge is 2.07. The van der Waals surface area contributed by atoms with Crippen LogP contribution in [0.2, 0.25) is 0 Å². The van der Waals surface area contributed by atoms with Crippen LogP contribution in [0.1, 0.15) is 47.3 Å². The third kappa shape index (κ3) is 6.97. The van der Waals surface area contributed by atoms with Crippen LogP contribution in [0.15, 0.2) is 72.0 Å². The molecular weight excluding hydrogens is 400 g/mol. The Hall–Kier alpha value is -3.61. The summed E-state index contributed by atoms with van der Waals surface area (Å²) in [6, 6.07) is 17.9. The van der Waals surface area contributed by atoms with Crippen molar-refractivity contribution < 1.29 is 4.79 Å². The minimum absolute atomic E-state index is 0.0449. The molecule has 32 heavy (non-hydrogen) atoms. The van der Waals surface area contributed by atoms with E-state index in [1.807, 2.05) is 67.2 Å². The van der Waals surface area contributed by atoms with E-state index >= 15 is 0 Å². The molecule has 7 heteroatoms. The lowest BCUT2D eigenvalue weighted by Crippen LogP contribution is -2.37. The van der Waals surface area contributed by atoms with E-state index in [0.29, 0.717) is 25.2 Å². The molecule has 0 fully saturated rings. The number of carbonyl (C=O) groups excluding carboxylic acids is 1. The van der Waals surface area contributed by atoms with E-state index in [2.05, 4.69) is 33.2 Å². The van der Waals surface area contributed by atoms with Gasteiger partial charge >= 0.3 is 0 Å². The summed E-state index contributed by atoms with van der Waals surface area (Å²) in [6.45, 7) is 7.39. The standard InChI is InChI=1S/C25H32N6O/c1-3-13-27-24(32)21-12-7-9-20(16-21)17-28-25(26-4-2)29-18-22-10-5-6-11-23(22)19-31-15-8-14-30-31/h5-12,14-16H,3-4,13,17-19H2,1-2H3,(H,27,32)(H2,26,28,29). The van der Waals surface area contributed by atoms with Crippen molar-refractivity contribution in [3.63, 3.8) is 0 Å². The minimum Gasteiger partial charge on any atom is -0.357 e. The molecule has 0 bridgehead atoms. The van der Waals surface area contributed by atoms with Gasteiger partial charge in [0.25, 0.3) is 5.91 Å². The van der Waals surface area contributed by atoms with E-state index in [9.17, 15) is 4.79 Å². The Balaban J connectivity index is 1.64. The molecule has 0 saturated carbocycles. The van der Waals surface area contributed by atoms with Crippen LogP contribution in [0, 0.1) is 0 Å². The van der Waals surface area contributed by atoms with Crippen molar-refractivity contribution in [1.29, 1.82) is 0 Å². The third-order valence-electron chi connectivity index (χ3n) is 4.94. The maximum absolute atomic E-state index is 12.2. The SMILES string of the molecule is CCCNC(=O)c1cccc(CN=C(NCC)NCc2ccccc2Cn2cccn2)c1. The molecule has 2 aromatic carbocycles. The number of nitrogens with zero attached hydrogens (tertiary/aromatic N) is 3. The lowest BCUT2D eigenvalue weighted by atomic mass is 10.1. The van der Waals surface area contributed by atoms with Crippen molar-refractivity contribution in [2.24, 2.45) is 4.99 Å². The highest BCUT2D eigenvalue weighted by molar-refractivity contribution is 5.94. The third-order valence-corrected chi connectivity index (χ3v) is 4.94. The van der Waals surface area contributed by atoms with Crippen LogP contribution in [0.3, 0.4) is 0 Å². The Morgan fingerprint density at radius 2 is 1.84 bits per heavy atom. The van der Waals surface area contributed by atoms with Gasteiger partial charge in [-0.2, -0.15) is 5.10 Å². The molecule has 3 aromatic rings. The fourth-order valence-corrected chi connectivity index (χ4v) is 3.30. The smallest absolute Gasteiger partial charge is 0.251 e. The van der Waals surface area contributed by atoms with Gasteiger partial charge in [-0.25, -0.2) is 4.99 Å². The second-order valence-corrected chi connectivity index (χ2v) is 7.48. The zero-order chi connectivity index (χ0) is 22.6. The number of nitrogens with one attached hydrogen (secondary N) is 3. The van der Waals surface area contributed by atoms with Crippen LogP contribution in [-0.2, 0) is 19.6 Å². The summed E-state index contributed by atoms with van der Waals surface area (Å²) < 4.78 is 1.92. The van der Waals surface area contributed by atoms with Gasteiger partial charge in [0, 0.05) is 37.6 Å². The first-order valence-electron chi connectivity index (χ1n) is 11.1. The van der Waals surface area contributed by atoms with Crippen LogP contribution in [-0.4, -0.2) is 34.7 Å². The summed E-state index contributed by atoms with van der Waals surface area (Å²) in [5.41, 5.74) is 4.07. The van der Waals surface area contributed by atoms with Gasteiger partial charge in [0.2, 0.25) is 0 Å². The zero-order valence-electron chi connectivity index (χ0n) is 18.8. The number of amides is 1. The highest BCUT2D eigenvalue weighted by Crippen LogP contribution is 2.11. The number of guanidine groups is 1. The maximum Gasteiger partial charge on any atom is 0.251 e. The van der Waals surface area contributed by atoms with Crippen LogP contribution in [0.25, 0.3) is 0 Å². The summed E-state index contributed by atoms with van der Waals surface area (Å²) in [6.07, 6.45) is 4.67. The number of hydrogen-bond donors (Lipinski definition) is 3. The zero-order valence-corrected chi connectivity index (χ0v) is 18.8. The summed E-state index contributed by atoms with van der Waals surface area (Å²) in [5.74, 6) is 0.693. The molecule has 168 valence electrons. The average molecular weight is 433 g/mol. The fraction of sp³-hybridized carbons (Fsp3) is 0.320. The molecule has 0 unspecified atom stereocenters. The van der Waals surface area contributed by atoms with E-state index in [0.717, 1.165) is 31.0 Å². The Kier molecular flexibility index (Phi) is 8.86. The number of rotatable bonds is 10. The normalized spacial score (nSPS) is 11.2. The van der Waals surface area contributed by atoms with Crippen LogP contribution < -0.4 is 16.0 Å². The van der Waals surface area contributed by atoms with Crippen molar-refractivity contribution in [3.8, 4) is 0 Å². The number of hydrogen-bond acceptors (Lipinski definition) is 3. The van der Waals surface area contributed by atoms with Crippen LogP contribution >= 0.6 is 0 Å². The number of benzene rings is 2. The summed E-state index contributed by atoms with van der Waals surface area (Å²) in [5, 5.41) is 13.9. The Labute approximate surface area is 190 Å². The minimum atomic E-state index is -0.0449. The monoisotopic (exact) mass is 432 g/mol. The van der Waals surface area contributed by atoms with Gasteiger partial charge in [0.05, 0.1) is 13.1 Å². The van der Waals surface area contributed by atoms with Crippen LogP contribution in [0.5, 0.6) is 0 Å². The lowest BCUT2D eigenvalue weighted by Gasteiger charge is -2.14. The second kappa shape index (κ2) is 12.3. The molecule has 1 amide bonds. The van der Waals surface area contributed by atoms with E-state index in [-0.39, 0.29) is 5.91 Å². The quantitative estimate of drug-likeness (QED) is 0.339. The van der Waals surface area contributed by atoms with E-state index < -0.39 is 0 Å². The summed E-state index contributed by atoms with van der Waals surface area (Å²) >= 11 is 0.